The molecular formula is C12H17ClN2. The van der Waals surface area contributed by atoms with Crippen LogP contribution in [0.2, 0.25) is 5.15 Å². The molecule has 1 aromatic heterocycles. The van der Waals surface area contributed by atoms with Gasteiger partial charge in [0, 0.05) is 12.5 Å². The Morgan fingerprint density at radius 3 is 2.80 bits per heavy atom. The first-order chi connectivity index (χ1) is 7.25. The molecule has 0 N–H and O–H groups in total. The molecule has 2 aliphatic rings. The van der Waals surface area contributed by atoms with Crippen molar-refractivity contribution < 1.29 is 0 Å². The zero-order valence-electron chi connectivity index (χ0n) is 9.17. The molecule has 1 saturated carbocycles. The number of nitrogens with zero attached hydrogens (tertiary/aromatic N) is 2. The lowest BCUT2D eigenvalue weighted by molar-refractivity contribution is 0.345. The Bertz CT molecular complexity index is 379. The van der Waals surface area contributed by atoms with Crippen LogP contribution >= 0.6 is 11.6 Å². The van der Waals surface area contributed by atoms with E-state index in [9.17, 15) is 0 Å². The van der Waals surface area contributed by atoms with Crippen molar-refractivity contribution in [1.29, 1.82) is 0 Å². The Morgan fingerprint density at radius 1 is 1.33 bits per heavy atom. The van der Waals surface area contributed by atoms with Gasteiger partial charge in [-0.15, -0.1) is 0 Å². The molecule has 1 unspecified atom stereocenters. The molecule has 15 heavy (non-hydrogen) atoms. The summed E-state index contributed by atoms with van der Waals surface area (Å²) in [5, 5.41) is 0.767. The molecule has 2 heterocycles. The van der Waals surface area contributed by atoms with Gasteiger partial charge in [0.15, 0.2) is 5.15 Å². The summed E-state index contributed by atoms with van der Waals surface area (Å²) in [5.41, 5.74) is 1.29. The molecular weight excluding hydrogens is 208 g/mol. The second-order valence-electron chi connectivity index (χ2n) is 5.09. The van der Waals surface area contributed by atoms with E-state index in [1.807, 2.05) is 0 Å². The minimum absolute atomic E-state index is 0.696. The topological polar surface area (TPSA) is 17.8 Å². The molecule has 0 radical (unpaired) electrons. The van der Waals surface area contributed by atoms with Gasteiger partial charge in [-0.05, 0) is 31.6 Å². The predicted molar refractivity (Wildman–Crippen MR) is 61.3 cm³/mol. The average Bonchev–Trinajstić information content (AvgIpc) is 2.41. The molecule has 1 fully saturated rings. The highest BCUT2D eigenvalue weighted by Gasteiger charge is 2.29. The molecule has 2 nitrogen and oxygen atoms in total. The van der Waals surface area contributed by atoms with Gasteiger partial charge in [0.25, 0.3) is 0 Å². The Kier molecular flexibility index (Phi) is 2.27. The SMILES string of the molecule is CC1CCc2c(Cl)nc(C3CCC3)n2C1. The lowest BCUT2D eigenvalue weighted by Crippen LogP contribution is -2.23. The molecule has 0 bridgehead atoms. The van der Waals surface area contributed by atoms with Gasteiger partial charge >= 0.3 is 0 Å². The van der Waals surface area contributed by atoms with Crippen molar-refractivity contribution in [3.8, 4) is 0 Å². The zero-order valence-corrected chi connectivity index (χ0v) is 9.93. The molecule has 1 aliphatic heterocycles. The fraction of sp³-hybridized carbons (Fsp3) is 0.750. The van der Waals surface area contributed by atoms with Gasteiger partial charge in [-0.3, -0.25) is 0 Å². The molecule has 82 valence electrons. The van der Waals surface area contributed by atoms with E-state index in [4.69, 9.17) is 11.6 Å². The van der Waals surface area contributed by atoms with Crippen molar-refractivity contribution in [3.63, 3.8) is 0 Å². The largest absolute Gasteiger partial charge is 0.330 e. The van der Waals surface area contributed by atoms with Gasteiger partial charge in [-0.2, -0.15) is 0 Å². The van der Waals surface area contributed by atoms with E-state index in [1.165, 1.54) is 37.2 Å². The first-order valence-corrected chi connectivity index (χ1v) is 6.38. The zero-order chi connectivity index (χ0) is 10.4. The number of rotatable bonds is 1. The molecule has 1 aliphatic carbocycles. The number of fused-ring (bicyclic) bond motifs is 1. The van der Waals surface area contributed by atoms with Crippen molar-refractivity contribution in [2.45, 2.75) is 51.5 Å². The molecule has 0 amide bonds. The number of hydrogen-bond donors (Lipinski definition) is 0. The lowest BCUT2D eigenvalue weighted by Gasteiger charge is -2.29. The van der Waals surface area contributed by atoms with E-state index < -0.39 is 0 Å². The maximum atomic E-state index is 6.20. The first-order valence-electron chi connectivity index (χ1n) is 6.00. The summed E-state index contributed by atoms with van der Waals surface area (Å²) in [6.45, 7) is 3.45. The van der Waals surface area contributed by atoms with Gasteiger partial charge in [-0.1, -0.05) is 24.9 Å². The third kappa shape index (κ3) is 1.50. The number of halogens is 1. The third-order valence-electron chi connectivity index (χ3n) is 3.89. The highest BCUT2D eigenvalue weighted by Crippen LogP contribution is 2.39. The minimum atomic E-state index is 0.696. The van der Waals surface area contributed by atoms with E-state index >= 15 is 0 Å². The summed E-state index contributed by atoms with van der Waals surface area (Å²) in [7, 11) is 0. The minimum Gasteiger partial charge on any atom is -0.330 e. The Labute approximate surface area is 95.6 Å². The van der Waals surface area contributed by atoms with Crippen LogP contribution in [0.15, 0.2) is 0 Å². The molecule has 3 rings (SSSR count). The standard InChI is InChI=1S/C12H17ClN2/c1-8-5-6-10-11(13)14-12(15(10)7-8)9-3-2-4-9/h8-9H,2-7H2,1H3. The second-order valence-corrected chi connectivity index (χ2v) is 5.45. The summed E-state index contributed by atoms with van der Waals surface area (Å²) in [5.74, 6) is 2.75. The smallest absolute Gasteiger partial charge is 0.150 e. The Morgan fingerprint density at radius 2 is 2.13 bits per heavy atom. The third-order valence-corrected chi connectivity index (χ3v) is 4.19. The fourth-order valence-corrected chi connectivity index (χ4v) is 2.96. The number of hydrogen-bond acceptors (Lipinski definition) is 1. The molecule has 1 atom stereocenters. The van der Waals surface area contributed by atoms with Crippen molar-refractivity contribution >= 4 is 11.6 Å². The average molecular weight is 225 g/mol. The van der Waals surface area contributed by atoms with Crippen LogP contribution in [0.3, 0.4) is 0 Å². The maximum absolute atomic E-state index is 6.20. The lowest BCUT2D eigenvalue weighted by atomic mass is 9.84. The fourth-order valence-electron chi connectivity index (χ4n) is 2.68. The molecule has 3 heteroatoms. The van der Waals surface area contributed by atoms with Crippen LogP contribution in [0.5, 0.6) is 0 Å². The number of aromatic nitrogens is 2. The normalized spacial score (nSPS) is 26.1. The van der Waals surface area contributed by atoms with Gasteiger partial charge < -0.3 is 4.57 Å². The maximum Gasteiger partial charge on any atom is 0.150 e. The van der Waals surface area contributed by atoms with E-state index in [1.54, 1.807) is 0 Å². The van der Waals surface area contributed by atoms with Gasteiger partial charge in [0.1, 0.15) is 5.82 Å². The van der Waals surface area contributed by atoms with Crippen molar-refractivity contribution in [3.05, 3.63) is 16.7 Å². The van der Waals surface area contributed by atoms with E-state index in [-0.39, 0.29) is 0 Å². The second kappa shape index (κ2) is 3.51. The van der Waals surface area contributed by atoms with E-state index in [2.05, 4.69) is 16.5 Å². The van der Waals surface area contributed by atoms with Crippen molar-refractivity contribution in [2.75, 3.05) is 0 Å². The highest BCUT2D eigenvalue weighted by molar-refractivity contribution is 6.30. The van der Waals surface area contributed by atoms with Crippen LogP contribution in [0.1, 0.15) is 50.0 Å². The van der Waals surface area contributed by atoms with Crippen LogP contribution in [0.25, 0.3) is 0 Å². The van der Waals surface area contributed by atoms with Crippen LogP contribution in [-0.4, -0.2) is 9.55 Å². The van der Waals surface area contributed by atoms with Crippen molar-refractivity contribution in [1.82, 2.24) is 9.55 Å². The summed E-state index contributed by atoms with van der Waals surface area (Å²) in [6.07, 6.45) is 6.34. The monoisotopic (exact) mass is 224 g/mol. The van der Waals surface area contributed by atoms with Gasteiger partial charge in [0.2, 0.25) is 0 Å². The highest BCUT2D eigenvalue weighted by atomic mass is 35.5. The van der Waals surface area contributed by atoms with E-state index in [0.29, 0.717) is 5.92 Å². The quantitative estimate of drug-likeness (QED) is 0.715. The Balaban J connectivity index is 2.00. The summed E-state index contributed by atoms with van der Waals surface area (Å²) in [4.78, 5) is 4.58. The number of imidazole rings is 1. The predicted octanol–water partition coefficient (Wildman–Crippen LogP) is 3.39. The van der Waals surface area contributed by atoms with Gasteiger partial charge in [0.05, 0.1) is 5.69 Å². The molecule has 0 aromatic carbocycles. The van der Waals surface area contributed by atoms with Crippen molar-refractivity contribution in [2.24, 2.45) is 5.92 Å². The van der Waals surface area contributed by atoms with Crippen LogP contribution in [0, 0.1) is 5.92 Å². The van der Waals surface area contributed by atoms with Crippen LogP contribution in [0.4, 0.5) is 0 Å². The summed E-state index contributed by atoms with van der Waals surface area (Å²) >= 11 is 6.20. The molecule has 0 saturated heterocycles. The molecule has 1 aromatic rings. The summed E-state index contributed by atoms with van der Waals surface area (Å²) in [6, 6.07) is 0. The first kappa shape index (κ1) is 9.71. The van der Waals surface area contributed by atoms with Crippen LogP contribution < -0.4 is 0 Å². The summed E-state index contributed by atoms with van der Waals surface area (Å²) < 4.78 is 2.40. The molecule has 0 spiro atoms. The Hall–Kier alpha value is -0.500. The van der Waals surface area contributed by atoms with Gasteiger partial charge in [-0.25, -0.2) is 4.98 Å². The van der Waals surface area contributed by atoms with E-state index in [0.717, 1.165) is 24.0 Å². The van der Waals surface area contributed by atoms with Crippen LogP contribution in [-0.2, 0) is 13.0 Å².